The molecule has 1 N–H and O–H groups in total. The molecule has 4 heteroatoms. The first-order chi connectivity index (χ1) is 8.40. The summed E-state index contributed by atoms with van der Waals surface area (Å²) in [5, 5.41) is 7.96. The molecule has 0 saturated heterocycles. The average Bonchev–Trinajstić information content (AvgIpc) is 2.85. The van der Waals surface area contributed by atoms with Gasteiger partial charge in [-0.05, 0) is 18.9 Å². The van der Waals surface area contributed by atoms with Crippen molar-refractivity contribution in [1.29, 1.82) is 0 Å². The van der Waals surface area contributed by atoms with Crippen molar-refractivity contribution in [3.05, 3.63) is 18.0 Å². The summed E-state index contributed by atoms with van der Waals surface area (Å²) in [7, 11) is 1.72. The molecule has 2 rings (SSSR count). The molecule has 1 heterocycles. The Morgan fingerprint density at radius 2 is 2.24 bits per heavy atom. The van der Waals surface area contributed by atoms with Crippen molar-refractivity contribution < 1.29 is 4.74 Å². The first kappa shape index (κ1) is 12.6. The third kappa shape index (κ3) is 3.82. The van der Waals surface area contributed by atoms with E-state index in [0.717, 1.165) is 25.4 Å². The monoisotopic (exact) mass is 237 g/mol. The van der Waals surface area contributed by atoms with Crippen LogP contribution in [0, 0.1) is 0 Å². The molecule has 1 aromatic heterocycles. The van der Waals surface area contributed by atoms with Crippen LogP contribution in [0.2, 0.25) is 0 Å². The van der Waals surface area contributed by atoms with E-state index in [2.05, 4.69) is 27.4 Å². The van der Waals surface area contributed by atoms with Crippen molar-refractivity contribution in [2.75, 3.05) is 20.3 Å². The minimum absolute atomic E-state index is 0.636. The number of hydrogen-bond acceptors (Lipinski definition) is 3. The van der Waals surface area contributed by atoms with Gasteiger partial charge in [-0.1, -0.05) is 19.3 Å². The van der Waals surface area contributed by atoms with E-state index < -0.39 is 0 Å². The Bertz CT molecular complexity index is 318. The van der Waals surface area contributed by atoms with Gasteiger partial charge in [-0.2, -0.15) is 5.10 Å². The molecule has 4 nitrogen and oxygen atoms in total. The molecule has 0 bridgehead atoms. The molecular formula is C13H23N3O. The topological polar surface area (TPSA) is 39.1 Å². The van der Waals surface area contributed by atoms with Gasteiger partial charge in [-0.25, -0.2) is 0 Å². The van der Waals surface area contributed by atoms with Gasteiger partial charge >= 0.3 is 0 Å². The van der Waals surface area contributed by atoms with E-state index in [9.17, 15) is 0 Å². The Labute approximate surface area is 103 Å². The lowest BCUT2D eigenvalue weighted by Gasteiger charge is -2.21. The number of rotatable bonds is 6. The van der Waals surface area contributed by atoms with Crippen molar-refractivity contribution in [2.24, 2.45) is 0 Å². The van der Waals surface area contributed by atoms with E-state index in [-0.39, 0.29) is 0 Å². The highest BCUT2D eigenvalue weighted by Crippen LogP contribution is 2.27. The van der Waals surface area contributed by atoms with Crippen LogP contribution in [0.15, 0.2) is 12.3 Å². The quantitative estimate of drug-likeness (QED) is 0.770. The molecule has 0 aliphatic heterocycles. The van der Waals surface area contributed by atoms with Crippen LogP contribution in [0.3, 0.4) is 0 Å². The van der Waals surface area contributed by atoms with Gasteiger partial charge in [0.25, 0.3) is 0 Å². The van der Waals surface area contributed by atoms with Gasteiger partial charge in [-0.15, -0.1) is 0 Å². The summed E-state index contributed by atoms with van der Waals surface area (Å²) in [6, 6.07) is 2.76. The molecule has 1 fully saturated rings. The Kier molecular flexibility index (Phi) is 5.01. The van der Waals surface area contributed by atoms with Gasteiger partial charge in [0.15, 0.2) is 0 Å². The maximum absolute atomic E-state index is 4.99. The van der Waals surface area contributed by atoms with Crippen molar-refractivity contribution in [3.8, 4) is 0 Å². The van der Waals surface area contributed by atoms with Crippen molar-refractivity contribution in [3.63, 3.8) is 0 Å². The summed E-state index contributed by atoms with van der Waals surface area (Å²) in [5.41, 5.74) is 1.13. The van der Waals surface area contributed by atoms with E-state index in [4.69, 9.17) is 4.74 Å². The Morgan fingerprint density at radius 1 is 1.41 bits per heavy atom. The highest BCUT2D eigenvalue weighted by atomic mass is 16.5. The molecule has 0 unspecified atom stereocenters. The summed E-state index contributed by atoms with van der Waals surface area (Å²) in [4.78, 5) is 0. The summed E-state index contributed by atoms with van der Waals surface area (Å²) < 4.78 is 7.15. The fourth-order valence-electron chi connectivity index (χ4n) is 2.41. The number of aromatic nitrogens is 2. The Hall–Kier alpha value is -0.870. The van der Waals surface area contributed by atoms with Crippen LogP contribution in [0.4, 0.5) is 0 Å². The molecule has 0 aromatic carbocycles. The summed E-state index contributed by atoms with van der Waals surface area (Å²) >= 11 is 0. The highest BCUT2D eigenvalue weighted by Gasteiger charge is 2.15. The fourth-order valence-corrected chi connectivity index (χ4v) is 2.41. The van der Waals surface area contributed by atoms with Crippen molar-refractivity contribution >= 4 is 0 Å². The first-order valence-corrected chi connectivity index (χ1v) is 6.64. The Balaban J connectivity index is 1.78. The van der Waals surface area contributed by atoms with Crippen LogP contribution in [0.5, 0.6) is 0 Å². The van der Waals surface area contributed by atoms with Crippen LogP contribution in [0.25, 0.3) is 0 Å². The second kappa shape index (κ2) is 6.77. The van der Waals surface area contributed by atoms with Crippen LogP contribution >= 0.6 is 0 Å². The standard InChI is InChI=1S/C13H23N3O/c1-17-10-8-14-11-12-7-9-16(15-12)13-5-3-2-4-6-13/h7,9,13-14H,2-6,8,10-11H2,1H3. The van der Waals surface area contributed by atoms with E-state index in [0.29, 0.717) is 6.04 Å². The van der Waals surface area contributed by atoms with Crippen LogP contribution in [-0.2, 0) is 11.3 Å². The largest absolute Gasteiger partial charge is 0.383 e. The molecule has 1 saturated carbocycles. The lowest BCUT2D eigenvalue weighted by Crippen LogP contribution is -2.19. The second-order valence-electron chi connectivity index (χ2n) is 4.75. The molecular weight excluding hydrogens is 214 g/mol. The lowest BCUT2D eigenvalue weighted by atomic mass is 9.96. The summed E-state index contributed by atoms with van der Waals surface area (Å²) in [6.07, 6.45) is 8.81. The normalized spacial score (nSPS) is 17.5. The van der Waals surface area contributed by atoms with E-state index >= 15 is 0 Å². The molecule has 0 atom stereocenters. The van der Waals surface area contributed by atoms with Crippen LogP contribution in [-0.4, -0.2) is 30.0 Å². The minimum atomic E-state index is 0.636. The molecule has 0 spiro atoms. The number of nitrogens with one attached hydrogen (secondary N) is 1. The molecule has 1 aliphatic rings. The molecule has 96 valence electrons. The van der Waals surface area contributed by atoms with Crippen LogP contribution < -0.4 is 5.32 Å². The number of ether oxygens (including phenoxy) is 1. The predicted octanol–water partition coefficient (Wildman–Crippen LogP) is 2.12. The number of nitrogens with zero attached hydrogens (tertiary/aromatic N) is 2. The number of methoxy groups -OCH3 is 1. The zero-order valence-corrected chi connectivity index (χ0v) is 10.7. The minimum Gasteiger partial charge on any atom is -0.383 e. The Morgan fingerprint density at radius 3 is 3.00 bits per heavy atom. The van der Waals surface area contributed by atoms with Crippen molar-refractivity contribution in [1.82, 2.24) is 15.1 Å². The zero-order chi connectivity index (χ0) is 11.9. The van der Waals surface area contributed by atoms with Gasteiger partial charge in [0.1, 0.15) is 0 Å². The SMILES string of the molecule is COCCNCc1ccn(C2CCCCC2)n1. The van der Waals surface area contributed by atoms with E-state index in [1.807, 2.05) is 0 Å². The third-order valence-corrected chi connectivity index (χ3v) is 3.40. The zero-order valence-electron chi connectivity index (χ0n) is 10.7. The highest BCUT2D eigenvalue weighted by molar-refractivity contribution is 4.99. The van der Waals surface area contributed by atoms with Gasteiger partial charge < -0.3 is 10.1 Å². The maximum atomic E-state index is 4.99. The molecule has 0 amide bonds. The first-order valence-electron chi connectivity index (χ1n) is 6.64. The smallest absolute Gasteiger partial charge is 0.0762 e. The molecule has 0 radical (unpaired) electrons. The summed E-state index contributed by atoms with van der Waals surface area (Å²) in [6.45, 7) is 2.47. The van der Waals surface area contributed by atoms with Gasteiger partial charge in [0, 0.05) is 26.4 Å². The van der Waals surface area contributed by atoms with Gasteiger partial charge in [-0.3, -0.25) is 4.68 Å². The summed E-state index contributed by atoms with van der Waals surface area (Å²) in [5.74, 6) is 0. The average molecular weight is 237 g/mol. The molecule has 1 aliphatic carbocycles. The maximum Gasteiger partial charge on any atom is 0.0762 e. The molecule has 17 heavy (non-hydrogen) atoms. The van der Waals surface area contributed by atoms with E-state index in [1.54, 1.807) is 7.11 Å². The number of hydrogen-bond donors (Lipinski definition) is 1. The lowest BCUT2D eigenvalue weighted by molar-refractivity contribution is 0.199. The molecule has 1 aromatic rings. The fraction of sp³-hybridized carbons (Fsp3) is 0.769. The second-order valence-corrected chi connectivity index (χ2v) is 4.75. The van der Waals surface area contributed by atoms with Crippen LogP contribution in [0.1, 0.15) is 43.8 Å². The third-order valence-electron chi connectivity index (χ3n) is 3.40. The van der Waals surface area contributed by atoms with Gasteiger partial charge in [0.2, 0.25) is 0 Å². The predicted molar refractivity (Wildman–Crippen MR) is 67.9 cm³/mol. The van der Waals surface area contributed by atoms with Gasteiger partial charge in [0.05, 0.1) is 18.3 Å². The van der Waals surface area contributed by atoms with Crippen molar-refractivity contribution in [2.45, 2.75) is 44.7 Å². The van der Waals surface area contributed by atoms with E-state index in [1.165, 1.54) is 32.1 Å².